The van der Waals surface area contributed by atoms with E-state index in [9.17, 15) is 4.79 Å². The number of carbonyl (C=O) groups excluding carboxylic acids is 1. The first-order chi connectivity index (χ1) is 9.06. The van der Waals surface area contributed by atoms with Crippen molar-refractivity contribution >= 4 is 11.6 Å². The number of anilines is 1. The number of nitrogens with one attached hydrogen (secondary N) is 1. The fraction of sp³-hybridized carbons (Fsp3) is 0.533. The number of aryl methyl sites for hydroxylation is 1. The highest BCUT2D eigenvalue weighted by Crippen LogP contribution is 2.18. The quantitative estimate of drug-likeness (QED) is 0.865. The van der Waals surface area contributed by atoms with Crippen molar-refractivity contribution in [3.8, 4) is 0 Å². The highest BCUT2D eigenvalue weighted by Gasteiger charge is 2.26. The summed E-state index contributed by atoms with van der Waals surface area (Å²) < 4.78 is 0. The molecule has 1 saturated heterocycles. The minimum atomic E-state index is 0.0552. The fourth-order valence-corrected chi connectivity index (χ4v) is 2.54. The smallest absolute Gasteiger partial charge is 0.238 e. The van der Waals surface area contributed by atoms with Crippen LogP contribution in [0.15, 0.2) is 24.3 Å². The summed E-state index contributed by atoms with van der Waals surface area (Å²) in [6.45, 7) is 6.39. The number of para-hydroxylation sites is 1. The van der Waals surface area contributed by atoms with Gasteiger partial charge in [-0.15, -0.1) is 0 Å². The molecule has 2 rings (SSSR count). The van der Waals surface area contributed by atoms with Gasteiger partial charge in [0.25, 0.3) is 0 Å². The standard InChI is InChI=1S/C15H23N3O/c1-11-5-3-4-6-14(11)17-15(19)10-18-8-7-13(9-18)12(2)16/h3-6,12-13H,7-10,16H2,1-2H3,(H,17,19). The first kappa shape index (κ1) is 14.0. The molecule has 4 heteroatoms. The first-order valence-corrected chi connectivity index (χ1v) is 6.89. The number of hydrogen-bond donors (Lipinski definition) is 2. The molecule has 0 aromatic heterocycles. The Labute approximate surface area is 115 Å². The molecule has 1 heterocycles. The van der Waals surface area contributed by atoms with Gasteiger partial charge in [0.1, 0.15) is 0 Å². The van der Waals surface area contributed by atoms with E-state index in [-0.39, 0.29) is 11.9 Å². The Morgan fingerprint density at radius 2 is 2.26 bits per heavy atom. The van der Waals surface area contributed by atoms with Crippen LogP contribution >= 0.6 is 0 Å². The summed E-state index contributed by atoms with van der Waals surface area (Å²) in [5, 5.41) is 2.97. The lowest BCUT2D eigenvalue weighted by Crippen LogP contribution is -2.34. The molecule has 4 nitrogen and oxygen atoms in total. The van der Waals surface area contributed by atoms with Crippen molar-refractivity contribution in [3.05, 3.63) is 29.8 Å². The van der Waals surface area contributed by atoms with E-state index in [0.29, 0.717) is 12.5 Å². The Kier molecular flexibility index (Phi) is 4.56. The van der Waals surface area contributed by atoms with E-state index in [1.165, 1.54) is 0 Å². The van der Waals surface area contributed by atoms with E-state index in [4.69, 9.17) is 5.73 Å². The Bertz CT molecular complexity index is 445. The highest BCUT2D eigenvalue weighted by atomic mass is 16.2. The Morgan fingerprint density at radius 1 is 1.53 bits per heavy atom. The predicted molar refractivity (Wildman–Crippen MR) is 78.0 cm³/mol. The molecule has 1 amide bonds. The predicted octanol–water partition coefficient (Wildman–Crippen LogP) is 1.60. The summed E-state index contributed by atoms with van der Waals surface area (Å²) in [5.74, 6) is 0.575. The number of likely N-dealkylation sites (tertiary alicyclic amines) is 1. The number of rotatable bonds is 4. The van der Waals surface area contributed by atoms with Gasteiger partial charge in [-0.1, -0.05) is 18.2 Å². The third kappa shape index (κ3) is 3.78. The monoisotopic (exact) mass is 261 g/mol. The summed E-state index contributed by atoms with van der Waals surface area (Å²) in [7, 11) is 0. The number of nitrogens with two attached hydrogens (primary N) is 1. The molecule has 0 aliphatic carbocycles. The Balaban J connectivity index is 1.84. The number of hydrogen-bond acceptors (Lipinski definition) is 3. The van der Waals surface area contributed by atoms with Crippen LogP contribution in [-0.4, -0.2) is 36.5 Å². The van der Waals surface area contributed by atoms with Crippen molar-refractivity contribution in [2.24, 2.45) is 11.7 Å². The minimum Gasteiger partial charge on any atom is -0.328 e. The van der Waals surface area contributed by atoms with E-state index in [0.717, 1.165) is 30.8 Å². The van der Waals surface area contributed by atoms with E-state index in [1.807, 2.05) is 38.1 Å². The zero-order valence-electron chi connectivity index (χ0n) is 11.7. The summed E-state index contributed by atoms with van der Waals surface area (Å²) in [6.07, 6.45) is 1.09. The zero-order chi connectivity index (χ0) is 13.8. The Hall–Kier alpha value is -1.39. The summed E-state index contributed by atoms with van der Waals surface area (Å²) in [6, 6.07) is 8.05. The molecular weight excluding hydrogens is 238 g/mol. The maximum absolute atomic E-state index is 12.0. The molecule has 2 atom stereocenters. The van der Waals surface area contributed by atoms with Gasteiger partial charge in [-0.25, -0.2) is 0 Å². The second-order valence-electron chi connectivity index (χ2n) is 5.51. The molecule has 0 radical (unpaired) electrons. The molecule has 0 spiro atoms. The van der Waals surface area contributed by atoms with E-state index in [2.05, 4.69) is 10.2 Å². The van der Waals surface area contributed by atoms with Crippen LogP contribution in [0.4, 0.5) is 5.69 Å². The van der Waals surface area contributed by atoms with Gasteiger partial charge in [0, 0.05) is 18.3 Å². The van der Waals surface area contributed by atoms with Gasteiger partial charge in [0.15, 0.2) is 0 Å². The third-order valence-corrected chi connectivity index (χ3v) is 3.84. The van der Waals surface area contributed by atoms with Gasteiger partial charge in [0.05, 0.1) is 6.54 Å². The summed E-state index contributed by atoms with van der Waals surface area (Å²) in [5.41, 5.74) is 7.89. The maximum Gasteiger partial charge on any atom is 0.238 e. The van der Waals surface area contributed by atoms with Crippen molar-refractivity contribution < 1.29 is 4.79 Å². The molecular formula is C15H23N3O. The molecule has 0 bridgehead atoms. The van der Waals surface area contributed by atoms with Gasteiger partial charge in [0.2, 0.25) is 5.91 Å². The van der Waals surface area contributed by atoms with E-state index >= 15 is 0 Å². The van der Waals surface area contributed by atoms with Crippen LogP contribution in [0.3, 0.4) is 0 Å². The second kappa shape index (κ2) is 6.17. The zero-order valence-corrected chi connectivity index (χ0v) is 11.7. The lowest BCUT2D eigenvalue weighted by molar-refractivity contribution is -0.117. The van der Waals surface area contributed by atoms with Crippen LogP contribution in [0.1, 0.15) is 18.9 Å². The van der Waals surface area contributed by atoms with Gasteiger partial charge >= 0.3 is 0 Å². The fourth-order valence-electron chi connectivity index (χ4n) is 2.54. The van der Waals surface area contributed by atoms with Gasteiger partial charge in [-0.3, -0.25) is 9.69 Å². The number of benzene rings is 1. The van der Waals surface area contributed by atoms with Gasteiger partial charge < -0.3 is 11.1 Å². The molecule has 1 fully saturated rings. The summed E-state index contributed by atoms with van der Waals surface area (Å²) in [4.78, 5) is 14.2. The largest absolute Gasteiger partial charge is 0.328 e. The lowest BCUT2D eigenvalue weighted by Gasteiger charge is -2.17. The molecule has 19 heavy (non-hydrogen) atoms. The normalized spacial score (nSPS) is 21.3. The number of nitrogens with zero attached hydrogens (tertiary/aromatic N) is 1. The molecule has 1 aliphatic heterocycles. The van der Waals surface area contributed by atoms with Crippen LogP contribution in [0.2, 0.25) is 0 Å². The first-order valence-electron chi connectivity index (χ1n) is 6.89. The average Bonchev–Trinajstić information content (AvgIpc) is 2.80. The third-order valence-electron chi connectivity index (χ3n) is 3.84. The van der Waals surface area contributed by atoms with Crippen molar-refractivity contribution in [3.63, 3.8) is 0 Å². The SMILES string of the molecule is Cc1ccccc1NC(=O)CN1CCC(C(C)N)C1. The van der Waals surface area contributed by atoms with Crippen molar-refractivity contribution in [2.45, 2.75) is 26.3 Å². The molecule has 3 N–H and O–H groups in total. The van der Waals surface area contributed by atoms with Crippen LogP contribution in [0.5, 0.6) is 0 Å². The van der Waals surface area contributed by atoms with Crippen LogP contribution in [0, 0.1) is 12.8 Å². The van der Waals surface area contributed by atoms with Crippen molar-refractivity contribution in [2.75, 3.05) is 25.0 Å². The number of carbonyl (C=O) groups is 1. The molecule has 1 aliphatic rings. The van der Waals surface area contributed by atoms with Gasteiger partial charge in [-0.2, -0.15) is 0 Å². The van der Waals surface area contributed by atoms with Gasteiger partial charge in [-0.05, 0) is 44.4 Å². The number of amides is 1. The second-order valence-corrected chi connectivity index (χ2v) is 5.51. The molecule has 0 saturated carbocycles. The van der Waals surface area contributed by atoms with Crippen molar-refractivity contribution in [1.29, 1.82) is 0 Å². The minimum absolute atomic E-state index is 0.0552. The highest BCUT2D eigenvalue weighted by molar-refractivity contribution is 5.92. The average molecular weight is 261 g/mol. The van der Waals surface area contributed by atoms with Crippen LogP contribution in [-0.2, 0) is 4.79 Å². The maximum atomic E-state index is 12.0. The van der Waals surface area contributed by atoms with Crippen molar-refractivity contribution in [1.82, 2.24) is 4.90 Å². The Morgan fingerprint density at radius 3 is 2.89 bits per heavy atom. The van der Waals surface area contributed by atoms with E-state index in [1.54, 1.807) is 0 Å². The molecule has 104 valence electrons. The molecule has 1 aromatic rings. The topological polar surface area (TPSA) is 58.4 Å². The lowest BCUT2D eigenvalue weighted by atomic mass is 10.0. The summed E-state index contributed by atoms with van der Waals surface area (Å²) >= 11 is 0. The molecule has 2 unspecified atom stereocenters. The van der Waals surface area contributed by atoms with Crippen LogP contribution < -0.4 is 11.1 Å². The van der Waals surface area contributed by atoms with E-state index < -0.39 is 0 Å². The molecule has 1 aromatic carbocycles. The van der Waals surface area contributed by atoms with Crippen LogP contribution in [0.25, 0.3) is 0 Å².